The van der Waals surface area contributed by atoms with E-state index in [2.05, 4.69) is 22.7 Å². The highest BCUT2D eigenvalue weighted by molar-refractivity contribution is 7.80. The van der Waals surface area contributed by atoms with E-state index in [1.807, 2.05) is 0 Å². The number of amides is 1. The van der Waals surface area contributed by atoms with Crippen molar-refractivity contribution in [1.82, 2.24) is 5.43 Å². The largest absolute Gasteiger partial charge is 0.508 e. The first-order chi connectivity index (χ1) is 8.97. The molecule has 6 N–H and O–H groups in total. The highest BCUT2D eigenvalue weighted by Gasteiger charge is 2.09. The normalized spacial score (nSPS) is 11.5. The van der Waals surface area contributed by atoms with Crippen LogP contribution in [-0.2, 0) is 0 Å². The van der Waals surface area contributed by atoms with Gasteiger partial charge in [0.05, 0.1) is 0 Å². The Labute approximate surface area is 112 Å². The lowest BCUT2D eigenvalue weighted by atomic mass is 10.1. The molecule has 1 aromatic carbocycles. The fourth-order valence-electron chi connectivity index (χ4n) is 1.47. The number of nitrogens with zero attached hydrogens (tertiary/aromatic N) is 1. The van der Waals surface area contributed by atoms with Crippen LogP contribution in [0.15, 0.2) is 33.8 Å². The average Bonchev–Trinajstić information content (AvgIpc) is 2.34. The first-order valence-corrected chi connectivity index (χ1v) is 5.54. The van der Waals surface area contributed by atoms with Crippen molar-refractivity contribution in [3.05, 3.63) is 35.4 Å². The zero-order valence-electron chi connectivity index (χ0n) is 9.58. The van der Waals surface area contributed by atoms with Crippen LogP contribution in [-0.4, -0.2) is 16.1 Å². The molecule has 98 valence electrons. The molecule has 1 aromatic heterocycles. The Bertz CT molecular complexity index is 738. The van der Waals surface area contributed by atoms with Crippen LogP contribution >= 0.6 is 12.2 Å². The highest BCUT2D eigenvalue weighted by Crippen LogP contribution is 2.19. The van der Waals surface area contributed by atoms with Gasteiger partial charge in [0.25, 0.3) is 5.91 Å². The Morgan fingerprint density at radius 1 is 1.37 bits per heavy atom. The van der Waals surface area contributed by atoms with Crippen LogP contribution < -0.4 is 22.4 Å². The maximum Gasteiger partial charge on any atom is 0.254 e. The quantitative estimate of drug-likeness (QED) is 0.448. The van der Waals surface area contributed by atoms with Gasteiger partial charge in [-0.1, -0.05) is 0 Å². The second-order valence-electron chi connectivity index (χ2n) is 3.64. The molecular weight excluding hydrogens is 268 g/mol. The molecule has 19 heavy (non-hydrogen) atoms. The Morgan fingerprint density at radius 3 is 2.74 bits per heavy atom. The van der Waals surface area contributed by atoms with Crippen LogP contribution in [0.3, 0.4) is 0 Å². The number of fused-ring (bicyclic) bond motifs is 1. The van der Waals surface area contributed by atoms with Crippen molar-refractivity contribution >= 4 is 34.2 Å². The van der Waals surface area contributed by atoms with E-state index in [-0.39, 0.29) is 22.0 Å². The van der Waals surface area contributed by atoms with E-state index in [0.29, 0.717) is 11.0 Å². The summed E-state index contributed by atoms with van der Waals surface area (Å²) in [6, 6.07) is 5.94. The van der Waals surface area contributed by atoms with E-state index in [1.54, 1.807) is 6.07 Å². The van der Waals surface area contributed by atoms with Gasteiger partial charge in [0.2, 0.25) is 5.55 Å². The van der Waals surface area contributed by atoms with E-state index >= 15 is 0 Å². The molecule has 1 heterocycles. The number of carbonyl (C=O) groups excluding carboxylic acids is 1. The van der Waals surface area contributed by atoms with Crippen LogP contribution in [0.2, 0.25) is 0 Å². The number of aromatic hydroxyl groups is 1. The third-order valence-corrected chi connectivity index (χ3v) is 2.36. The summed E-state index contributed by atoms with van der Waals surface area (Å²) < 4.78 is 5.38. The molecule has 0 saturated carbocycles. The molecule has 0 aliphatic rings. The molecule has 0 aliphatic carbocycles. The van der Waals surface area contributed by atoms with Gasteiger partial charge >= 0.3 is 0 Å². The number of rotatable bonds is 2. The lowest BCUT2D eigenvalue weighted by Crippen LogP contribution is -2.29. The second kappa shape index (κ2) is 4.94. The van der Waals surface area contributed by atoms with Gasteiger partial charge in [0.15, 0.2) is 5.11 Å². The molecule has 0 atom stereocenters. The molecule has 0 fully saturated rings. The number of phenols is 1. The Balaban J connectivity index is 2.71. The van der Waals surface area contributed by atoms with Gasteiger partial charge in [0.1, 0.15) is 16.9 Å². The highest BCUT2D eigenvalue weighted by atomic mass is 32.1. The molecule has 0 spiro atoms. The summed E-state index contributed by atoms with van der Waals surface area (Å²) in [7, 11) is 0. The van der Waals surface area contributed by atoms with Crippen molar-refractivity contribution in [2.45, 2.75) is 0 Å². The van der Waals surface area contributed by atoms with E-state index in [4.69, 9.17) is 15.9 Å². The Hall–Kier alpha value is -2.61. The van der Waals surface area contributed by atoms with Gasteiger partial charge in [-0.2, -0.15) is 0 Å². The van der Waals surface area contributed by atoms with Crippen LogP contribution in [0.25, 0.3) is 11.0 Å². The van der Waals surface area contributed by atoms with Gasteiger partial charge in [-0.05, 0) is 30.4 Å². The minimum Gasteiger partial charge on any atom is -0.508 e. The first kappa shape index (κ1) is 12.8. The zero-order valence-corrected chi connectivity index (χ0v) is 10.4. The van der Waals surface area contributed by atoms with Crippen molar-refractivity contribution < 1.29 is 14.3 Å². The zero-order chi connectivity index (χ0) is 14.0. The molecule has 0 bridgehead atoms. The Kier molecular flexibility index (Phi) is 3.34. The molecule has 0 saturated heterocycles. The summed E-state index contributed by atoms with van der Waals surface area (Å²) in [4.78, 5) is 11.3. The molecule has 2 aromatic rings. The third-order valence-electron chi connectivity index (χ3n) is 2.27. The summed E-state index contributed by atoms with van der Waals surface area (Å²) in [5.74, 6) is -0.682. The van der Waals surface area contributed by atoms with Crippen molar-refractivity contribution in [3.63, 3.8) is 0 Å². The molecule has 7 nitrogen and oxygen atoms in total. The van der Waals surface area contributed by atoms with Crippen LogP contribution in [0.4, 0.5) is 0 Å². The van der Waals surface area contributed by atoms with Gasteiger partial charge < -0.3 is 21.0 Å². The SMILES string of the molecule is NC(=O)c1cc2ccc(O)cc2oc1=NNC(N)=S. The molecule has 8 heteroatoms. The van der Waals surface area contributed by atoms with Gasteiger partial charge in [-0.25, -0.2) is 0 Å². The predicted octanol–water partition coefficient (Wildman–Crippen LogP) is -0.114. The fraction of sp³-hybridized carbons (Fsp3) is 0. The van der Waals surface area contributed by atoms with E-state index < -0.39 is 5.91 Å². The molecular formula is C11H10N4O3S. The van der Waals surface area contributed by atoms with E-state index in [1.165, 1.54) is 18.2 Å². The smallest absolute Gasteiger partial charge is 0.254 e. The van der Waals surface area contributed by atoms with E-state index in [9.17, 15) is 9.90 Å². The fourth-order valence-corrected chi connectivity index (χ4v) is 1.52. The summed E-state index contributed by atoms with van der Waals surface area (Å²) in [5, 5.41) is 13.6. The lowest BCUT2D eigenvalue weighted by molar-refractivity contribution is 0.0996. The number of nitrogens with two attached hydrogens (primary N) is 2. The van der Waals surface area contributed by atoms with Gasteiger partial charge in [0, 0.05) is 11.5 Å². The van der Waals surface area contributed by atoms with Gasteiger partial charge in [-0.15, -0.1) is 5.10 Å². The standard InChI is InChI=1S/C11H10N4O3S/c12-9(17)7-3-5-1-2-6(16)4-8(5)18-10(7)14-15-11(13)19/h1-4,16H,(H2,12,17)(H3,13,15,19). The number of primary amides is 1. The second-order valence-corrected chi connectivity index (χ2v) is 4.08. The molecule has 2 rings (SSSR count). The number of carbonyl (C=O) groups is 1. The van der Waals surface area contributed by atoms with Crippen LogP contribution in [0, 0.1) is 0 Å². The average molecular weight is 278 g/mol. The number of phenolic OH excluding ortho intramolecular Hbond substituents is 1. The topological polar surface area (TPSA) is 127 Å². The minimum absolute atomic E-state index is 0.0244. The lowest BCUT2D eigenvalue weighted by Gasteiger charge is -2.02. The van der Waals surface area contributed by atoms with Crippen LogP contribution in [0.1, 0.15) is 10.4 Å². The first-order valence-electron chi connectivity index (χ1n) is 5.13. The number of hydrogen-bond donors (Lipinski definition) is 4. The van der Waals surface area contributed by atoms with Crippen molar-refractivity contribution in [2.75, 3.05) is 0 Å². The van der Waals surface area contributed by atoms with Crippen molar-refractivity contribution in [3.8, 4) is 5.75 Å². The third kappa shape index (κ3) is 2.80. The number of nitrogens with one attached hydrogen (secondary N) is 1. The molecule has 0 radical (unpaired) electrons. The molecule has 1 amide bonds. The maximum atomic E-state index is 11.3. The molecule has 0 unspecified atom stereocenters. The van der Waals surface area contributed by atoms with Crippen molar-refractivity contribution in [2.24, 2.45) is 16.6 Å². The number of hydrogen-bond acceptors (Lipinski definition) is 5. The monoisotopic (exact) mass is 278 g/mol. The number of thiocarbonyl (C=S) groups is 1. The van der Waals surface area contributed by atoms with Gasteiger partial charge in [-0.3, -0.25) is 10.2 Å². The minimum atomic E-state index is -0.706. The Morgan fingerprint density at radius 2 is 2.11 bits per heavy atom. The maximum absolute atomic E-state index is 11.3. The number of benzene rings is 1. The molecule has 0 aliphatic heterocycles. The van der Waals surface area contributed by atoms with E-state index in [0.717, 1.165) is 0 Å². The summed E-state index contributed by atoms with van der Waals surface area (Å²) >= 11 is 4.60. The van der Waals surface area contributed by atoms with Crippen molar-refractivity contribution in [1.29, 1.82) is 0 Å². The predicted molar refractivity (Wildman–Crippen MR) is 71.9 cm³/mol. The summed E-state index contributed by atoms with van der Waals surface area (Å²) in [6.45, 7) is 0. The van der Waals surface area contributed by atoms with Crippen LogP contribution in [0.5, 0.6) is 5.75 Å². The summed E-state index contributed by atoms with van der Waals surface area (Å²) in [5.41, 5.74) is 13.1. The summed E-state index contributed by atoms with van der Waals surface area (Å²) in [6.07, 6.45) is 0.